The van der Waals surface area contributed by atoms with E-state index in [1.54, 1.807) is 0 Å². The maximum absolute atomic E-state index is 8.97. The minimum atomic E-state index is -1.55. The Kier molecular flexibility index (Phi) is 2.03. The van der Waals surface area contributed by atoms with Gasteiger partial charge in [-0.15, -0.1) is 0 Å². The fourth-order valence-electron chi connectivity index (χ4n) is 0.843. The lowest BCUT2D eigenvalue weighted by Crippen LogP contribution is -2.40. The summed E-state index contributed by atoms with van der Waals surface area (Å²) in [6, 6.07) is 0. The van der Waals surface area contributed by atoms with Crippen LogP contribution in [0.5, 0.6) is 0 Å². The minimum absolute atomic E-state index is 0.442. The number of hydrogen-bond donors (Lipinski definition) is 4. The molecule has 1 heterocycles. The molecule has 0 radical (unpaired) electrons. The molecule has 0 amide bonds. The summed E-state index contributed by atoms with van der Waals surface area (Å²) in [6.45, 7) is 1.45. The average Bonchev–Trinajstić information content (AvgIpc) is 1.97. The number of ether oxygens (including phenoxy) is 1. The van der Waals surface area contributed by atoms with Crippen LogP contribution in [-0.4, -0.2) is 38.9 Å². The largest absolute Gasteiger partial charge is 0.506 e. The Labute approximate surface area is 63.2 Å². The number of hydrogen-bond acceptors (Lipinski definition) is 5. The molecule has 0 fully saturated rings. The molecular weight excluding hydrogens is 152 g/mol. The van der Waals surface area contributed by atoms with E-state index < -0.39 is 30.0 Å². The van der Waals surface area contributed by atoms with Gasteiger partial charge in [0.05, 0.1) is 0 Å². The molecule has 0 saturated carbocycles. The van der Waals surface area contributed by atoms with Crippen molar-refractivity contribution in [3.63, 3.8) is 0 Å². The first-order valence-electron chi connectivity index (χ1n) is 3.17. The van der Waals surface area contributed by atoms with Gasteiger partial charge in [0.25, 0.3) is 0 Å². The second-order valence-corrected chi connectivity index (χ2v) is 2.38. The second kappa shape index (κ2) is 2.69. The molecule has 4 N–H and O–H groups in total. The Bertz CT molecular complexity index is 187. The third kappa shape index (κ3) is 1.30. The van der Waals surface area contributed by atoms with E-state index in [2.05, 4.69) is 4.74 Å². The molecule has 3 atom stereocenters. The zero-order valence-corrected chi connectivity index (χ0v) is 5.93. The van der Waals surface area contributed by atoms with Gasteiger partial charge in [-0.3, -0.25) is 0 Å². The minimum Gasteiger partial charge on any atom is -0.506 e. The van der Waals surface area contributed by atoms with Crippen molar-refractivity contribution in [3.8, 4) is 0 Å². The summed E-state index contributed by atoms with van der Waals surface area (Å²) in [7, 11) is 0. The van der Waals surface area contributed by atoms with Crippen molar-refractivity contribution in [2.75, 3.05) is 0 Å². The highest BCUT2D eigenvalue weighted by Crippen LogP contribution is 2.20. The summed E-state index contributed by atoms with van der Waals surface area (Å²) in [5.41, 5.74) is 0. The topological polar surface area (TPSA) is 90.2 Å². The Morgan fingerprint density at radius 2 is 1.73 bits per heavy atom. The van der Waals surface area contributed by atoms with E-state index in [1.807, 2.05) is 0 Å². The molecule has 0 saturated heterocycles. The molecule has 5 nitrogen and oxygen atoms in total. The first-order valence-corrected chi connectivity index (χ1v) is 3.17. The number of aliphatic hydroxyl groups is 4. The van der Waals surface area contributed by atoms with Gasteiger partial charge in [-0.25, -0.2) is 0 Å². The first-order chi connectivity index (χ1) is 5.04. The fraction of sp³-hybridized carbons (Fsp3) is 0.667. The predicted octanol–water partition coefficient (Wildman–Crippen LogP) is -0.588. The van der Waals surface area contributed by atoms with Crippen LogP contribution >= 0.6 is 0 Å². The van der Waals surface area contributed by atoms with E-state index in [-0.39, 0.29) is 0 Å². The van der Waals surface area contributed by atoms with E-state index in [4.69, 9.17) is 20.4 Å². The summed E-state index contributed by atoms with van der Waals surface area (Å²) in [4.78, 5) is 0. The molecule has 1 aliphatic heterocycles. The number of aliphatic hydroxyl groups excluding tert-OH is 4. The van der Waals surface area contributed by atoms with Crippen LogP contribution in [0.1, 0.15) is 6.92 Å². The maximum atomic E-state index is 8.97. The average molecular weight is 162 g/mol. The summed E-state index contributed by atoms with van der Waals surface area (Å²) in [5, 5.41) is 35.6. The van der Waals surface area contributed by atoms with E-state index in [9.17, 15) is 0 Å². The highest BCUT2D eigenvalue weighted by molar-refractivity contribution is 5.11. The van der Waals surface area contributed by atoms with Gasteiger partial charge in [0.15, 0.2) is 23.9 Å². The summed E-state index contributed by atoms with van der Waals surface area (Å²) >= 11 is 0. The molecule has 0 aromatic carbocycles. The highest BCUT2D eigenvalue weighted by atomic mass is 16.6. The van der Waals surface area contributed by atoms with Gasteiger partial charge in [-0.05, 0) is 6.92 Å². The van der Waals surface area contributed by atoms with Gasteiger partial charge in [-0.1, -0.05) is 0 Å². The van der Waals surface area contributed by atoms with E-state index >= 15 is 0 Å². The third-order valence-electron chi connectivity index (χ3n) is 1.54. The zero-order valence-electron chi connectivity index (χ0n) is 5.93. The van der Waals surface area contributed by atoms with E-state index in [1.165, 1.54) is 6.92 Å². The third-order valence-corrected chi connectivity index (χ3v) is 1.54. The Morgan fingerprint density at radius 1 is 1.18 bits per heavy atom. The molecule has 11 heavy (non-hydrogen) atoms. The van der Waals surface area contributed by atoms with Gasteiger partial charge in [0.2, 0.25) is 0 Å². The lowest BCUT2D eigenvalue weighted by molar-refractivity contribution is -0.195. The number of rotatable bonds is 0. The molecule has 2 unspecified atom stereocenters. The van der Waals surface area contributed by atoms with Gasteiger partial charge in [0, 0.05) is 0 Å². The van der Waals surface area contributed by atoms with Gasteiger partial charge in [-0.2, -0.15) is 0 Å². The normalized spacial score (nSPS) is 39.4. The lowest BCUT2D eigenvalue weighted by Gasteiger charge is -2.27. The van der Waals surface area contributed by atoms with Gasteiger partial charge >= 0.3 is 0 Å². The Balaban J connectivity index is 2.89. The van der Waals surface area contributed by atoms with E-state index in [0.29, 0.717) is 0 Å². The van der Waals surface area contributed by atoms with Gasteiger partial charge in [0.1, 0.15) is 6.10 Å². The molecule has 0 aliphatic carbocycles. The smallest absolute Gasteiger partial charge is 0.189 e. The zero-order chi connectivity index (χ0) is 8.59. The van der Waals surface area contributed by atoms with Crippen LogP contribution in [0.2, 0.25) is 0 Å². The van der Waals surface area contributed by atoms with Crippen molar-refractivity contribution in [1.82, 2.24) is 0 Å². The van der Waals surface area contributed by atoms with Crippen molar-refractivity contribution < 1.29 is 25.2 Å². The quantitative estimate of drug-likeness (QED) is 0.382. The molecule has 1 aliphatic rings. The lowest BCUT2D eigenvalue weighted by atomic mass is 10.1. The van der Waals surface area contributed by atoms with Crippen LogP contribution in [0.4, 0.5) is 0 Å². The van der Waals surface area contributed by atoms with Crippen molar-refractivity contribution in [2.45, 2.75) is 25.4 Å². The predicted molar refractivity (Wildman–Crippen MR) is 34.8 cm³/mol. The van der Waals surface area contributed by atoms with E-state index in [0.717, 1.165) is 0 Å². The molecule has 0 spiro atoms. The van der Waals surface area contributed by atoms with Crippen LogP contribution in [0, 0.1) is 0 Å². The molecule has 0 aromatic heterocycles. The fourth-order valence-corrected chi connectivity index (χ4v) is 0.843. The standard InChI is InChI=1S/C6H10O5/c1-2-3(7)4(8)5(9)6(10)11-2/h2,5-10H,1H3/t2?,5?,6-/m1/s1. The maximum Gasteiger partial charge on any atom is 0.189 e. The van der Waals surface area contributed by atoms with Crippen molar-refractivity contribution in [2.24, 2.45) is 0 Å². The SMILES string of the molecule is CC1O[C@@H](O)C(O)C(O)=C1O. The molecule has 0 bridgehead atoms. The van der Waals surface area contributed by atoms with Crippen LogP contribution in [0.25, 0.3) is 0 Å². The molecule has 0 aromatic rings. The van der Waals surface area contributed by atoms with Crippen molar-refractivity contribution >= 4 is 0 Å². The van der Waals surface area contributed by atoms with Crippen molar-refractivity contribution in [3.05, 3.63) is 11.5 Å². The second-order valence-electron chi connectivity index (χ2n) is 2.38. The Morgan fingerprint density at radius 3 is 2.27 bits per heavy atom. The molecular formula is C6H10O5. The van der Waals surface area contributed by atoms with Gasteiger partial charge < -0.3 is 25.2 Å². The Hall–Kier alpha value is -0.780. The van der Waals surface area contributed by atoms with Crippen LogP contribution in [-0.2, 0) is 4.74 Å². The highest BCUT2D eigenvalue weighted by Gasteiger charge is 2.33. The summed E-state index contributed by atoms with van der Waals surface area (Å²) in [5.74, 6) is -1.07. The van der Waals surface area contributed by atoms with Crippen LogP contribution in [0.15, 0.2) is 11.5 Å². The first kappa shape index (κ1) is 8.32. The van der Waals surface area contributed by atoms with Crippen LogP contribution in [0.3, 0.4) is 0 Å². The molecule has 64 valence electrons. The molecule has 1 rings (SSSR count). The van der Waals surface area contributed by atoms with Crippen molar-refractivity contribution in [1.29, 1.82) is 0 Å². The molecule has 5 heteroatoms. The summed E-state index contributed by atoms with van der Waals surface area (Å²) in [6.07, 6.45) is -3.81. The summed E-state index contributed by atoms with van der Waals surface area (Å²) < 4.78 is 4.62. The monoisotopic (exact) mass is 162 g/mol. The van der Waals surface area contributed by atoms with Crippen LogP contribution < -0.4 is 0 Å².